The Hall–Kier alpha value is -2.00. The average molecular weight is 445 g/mol. The fourth-order valence-electron chi connectivity index (χ4n) is 2.51. The lowest BCUT2D eigenvalue weighted by Gasteiger charge is -2.13. The fourth-order valence-corrected chi connectivity index (χ4v) is 4.67. The monoisotopic (exact) mass is 444 g/mol. The molecule has 28 heavy (non-hydrogen) atoms. The maximum absolute atomic E-state index is 12.7. The van der Waals surface area contributed by atoms with Crippen molar-refractivity contribution in [2.75, 3.05) is 19.5 Å². The molecule has 0 unspecified atom stereocenters. The molecule has 150 valence electrons. The minimum absolute atomic E-state index is 0.0166. The van der Waals surface area contributed by atoms with Crippen LogP contribution in [0.4, 0.5) is 5.69 Å². The van der Waals surface area contributed by atoms with Crippen LogP contribution in [0.5, 0.6) is 11.5 Å². The van der Waals surface area contributed by atoms with E-state index in [-0.39, 0.29) is 26.5 Å². The minimum atomic E-state index is -3.85. The van der Waals surface area contributed by atoms with Crippen molar-refractivity contribution in [3.05, 3.63) is 45.9 Å². The van der Waals surface area contributed by atoms with E-state index in [0.29, 0.717) is 17.2 Å². The molecule has 0 aliphatic heterocycles. The number of hydrogen-bond acceptors (Lipinski definition) is 5. The van der Waals surface area contributed by atoms with E-state index in [4.69, 9.17) is 32.7 Å². The normalized spacial score (nSPS) is 13.9. The second kappa shape index (κ2) is 8.16. The lowest BCUT2D eigenvalue weighted by molar-refractivity contribution is 0.102. The van der Waals surface area contributed by atoms with Gasteiger partial charge in [0.1, 0.15) is 4.90 Å². The number of ether oxygens (including phenoxy) is 2. The van der Waals surface area contributed by atoms with Crippen molar-refractivity contribution in [1.29, 1.82) is 0 Å². The molecule has 0 bridgehead atoms. The molecule has 1 saturated carbocycles. The van der Waals surface area contributed by atoms with Crippen LogP contribution in [-0.2, 0) is 10.0 Å². The van der Waals surface area contributed by atoms with E-state index in [2.05, 4.69) is 10.0 Å². The van der Waals surface area contributed by atoms with Gasteiger partial charge in [0, 0.05) is 17.8 Å². The number of carbonyl (C=O) groups is 1. The van der Waals surface area contributed by atoms with Gasteiger partial charge < -0.3 is 14.8 Å². The number of benzene rings is 2. The highest BCUT2D eigenvalue weighted by atomic mass is 35.5. The molecule has 7 nitrogen and oxygen atoms in total. The number of sulfonamides is 1. The fraction of sp³-hybridized carbons (Fsp3) is 0.278. The van der Waals surface area contributed by atoms with E-state index in [1.807, 2.05) is 0 Å². The standard InChI is InChI=1S/C18H18Cl2N2O5S/c1-26-15-6-5-11(7-16(15)27-2)21-18(23)12-8-17(14(20)9-13(12)19)28(24,25)22-10-3-4-10/h5-10,22H,3-4H2,1-2H3,(H,21,23). The zero-order chi connectivity index (χ0) is 20.5. The molecule has 1 fully saturated rings. The molecule has 0 aromatic heterocycles. The van der Waals surface area contributed by atoms with E-state index in [0.717, 1.165) is 12.8 Å². The Morgan fingerprint density at radius 3 is 2.32 bits per heavy atom. The molecular weight excluding hydrogens is 427 g/mol. The molecular formula is C18H18Cl2N2O5S. The molecule has 10 heteroatoms. The Morgan fingerprint density at radius 2 is 1.71 bits per heavy atom. The smallest absolute Gasteiger partial charge is 0.257 e. The van der Waals surface area contributed by atoms with Crippen molar-refractivity contribution in [3.63, 3.8) is 0 Å². The molecule has 0 heterocycles. The SMILES string of the molecule is COc1ccc(NC(=O)c2cc(S(=O)(=O)NC3CC3)c(Cl)cc2Cl)cc1OC. The van der Waals surface area contributed by atoms with Gasteiger partial charge >= 0.3 is 0 Å². The van der Waals surface area contributed by atoms with Crippen LogP contribution >= 0.6 is 23.2 Å². The molecule has 1 aliphatic rings. The van der Waals surface area contributed by atoms with Crippen LogP contribution in [0.3, 0.4) is 0 Å². The van der Waals surface area contributed by atoms with Crippen molar-refractivity contribution in [3.8, 4) is 11.5 Å². The first-order chi connectivity index (χ1) is 13.2. The van der Waals surface area contributed by atoms with Gasteiger partial charge in [-0.3, -0.25) is 4.79 Å². The van der Waals surface area contributed by atoms with Crippen LogP contribution in [0.2, 0.25) is 10.0 Å². The summed E-state index contributed by atoms with van der Waals surface area (Å²) in [5.74, 6) is 0.348. The van der Waals surface area contributed by atoms with Crippen LogP contribution in [0, 0.1) is 0 Å². The molecule has 2 aromatic carbocycles. The molecule has 3 rings (SSSR count). The van der Waals surface area contributed by atoms with Crippen molar-refractivity contribution < 1.29 is 22.7 Å². The summed E-state index contributed by atoms with van der Waals surface area (Å²) in [6, 6.07) is 7.15. The first kappa shape index (κ1) is 20.7. The second-order valence-electron chi connectivity index (χ2n) is 6.18. The van der Waals surface area contributed by atoms with Gasteiger partial charge in [-0.2, -0.15) is 0 Å². The Kier molecular flexibility index (Phi) is 6.04. The lowest BCUT2D eigenvalue weighted by atomic mass is 10.2. The van der Waals surface area contributed by atoms with Gasteiger partial charge in [0.2, 0.25) is 10.0 Å². The summed E-state index contributed by atoms with van der Waals surface area (Å²) < 4.78 is 37.9. The predicted octanol–water partition coefficient (Wildman–Crippen LogP) is 3.70. The van der Waals surface area contributed by atoms with Crippen molar-refractivity contribution in [2.45, 2.75) is 23.8 Å². The van der Waals surface area contributed by atoms with Crippen LogP contribution in [-0.4, -0.2) is 34.6 Å². The summed E-state index contributed by atoms with van der Waals surface area (Å²) in [5.41, 5.74) is 0.409. The maximum atomic E-state index is 12.7. The van der Waals surface area contributed by atoms with Crippen LogP contribution < -0.4 is 19.5 Å². The van der Waals surface area contributed by atoms with Crippen molar-refractivity contribution in [1.82, 2.24) is 4.72 Å². The largest absolute Gasteiger partial charge is 0.493 e. The third-order valence-corrected chi connectivity index (χ3v) is 6.39. The molecule has 0 spiro atoms. The van der Waals surface area contributed by atoms with Gasteiger partial charge in [-0.1, -0.05) is 23.2 Å². The van der Waals surface area contributed by atoms with Crippen LogP contribution in [0.25, 0.3) is 0 Å². The Balaban J connectivity index is 1.90. The third-order valence-electron chi connectivity index (χ3n) is 4.10. The number of rotatable bonds is 7. The number of anilines is 1. The molecule has 0 saturated heterocycles. The topological polar surface area (TPSA) is 93.7 Å². The van der Waals surface area contributed by atoms with Gasteiger partial charge in [0.05, 0.1) is 29.8 Å². The summed E-state index contributed by atoms with van der Waals surface area (Å²) >= 11 is 12.2. The van der Waals surface area contributed by atoms with Gasteiger partial charge in [-0.15, -0.1) is 0 Å². The van der Waals surface area contributed by atoms with E-state index in [9.17, 15) is 13.2 Å². The van der Waals surface area contributed by atoms with Crippen LogP contribution in [0.15, 0.2) is 35.2 Å². The number of methoxy groups -OCH3 is 2. The number of amides is 1. The number of hydrogen-bond donors (Lipinski definition) is 2. The Morgan fingerprint density at radius 1 is 1.04 bits per heavy atom. The Labute approximate surface area is 173 Å². The minimum Gasteiger partial charge on any atom is -0.493 e. The summed E-state index contributed by atoms with van der Waals surface area (Å²) in [6.07, 6.45) is 1.55. The zero-order valence-electron chi connectivity index (χ0n) is 15.1. The predicted molar refractivity (Wildman–Crippen MR) is 107 cm³/mol. The van der Waals surface area contributed by atoms with Gasteiger partial charge in [-0.05, 0) is 37.1 Å². The van der Waals surface area contributed by atoms with Gasteiger partial charge in [-0.25, -0.2) is 13.1 Å². The molecule has 2 N–H and O–H groups in total. The molecule has 0 radical (unpaired) electrons. The maximum Gasteiger partial charge on any atom is 0.257 e. The summed E-state index contributed by atoms with van der Waals surface area (Å²) in [7, 11) is -0.873. The van der Waals surface area contributed by atoms with E-state index in [1.165, 1.54) is 26.4 Å². The highest BCUT2D eigenvalue weighted by molar-refractivity contribution is 7.89. The summed E-state index contributed by atoms with van der Waals surface area (Å²) in [6.45, 7) is 0. The third kappa shape index (κ3) is 4.52. The number of halogens is 2. The number of carbonyl (C=O) groups excluding carboxylic acids is 1. The average Bonchev–Trinajstić information content (AvgIpc) is 3.44. The van der Waals surface area contributed by atoms with Crippen molar-refractivity contribution in [2.24, 2.45) is 0 Å². The first-order valence-corrected chi connectivity index (χ1v) is 10.5. The highest BCUT2D eigenvalue weighted by Gasteiger charge is 2.30. The zero-order valence-corrected chi connectivity index (χ0v) is 17.4. The van der Waals surface area contributed by atoms with E-state index < -0.39 is 15.9 Å². The number of nitrogens with one attached hydrogen (secondary N) is 2. The Bertz CT molecular complexity index is 1020. The second-order valence-corrected chi connectivity index (χ2v) is 8.68. The summed E-state index contributed by atoms with van der Waals surface area (Å²) in [4.78, 5) is 12.5. The van der Waals surface area contributed by atoms with E-state index in [1.54, 1.807) is 18.2 Å². The quantitative estimate of drug-likeness (QED) is 0.678. The lowest BCUT2D eigenvalue weighted by Crippen LogP contribution is -2.26. The van der Waals surface area contributed by atoms with Gasteiger partial charge in [0.25, 0.3) is 5.91 Å². The van der Waals surface area contributed by atoms with E-state index >= 15 is 0 Å². The molecule has 1 aliphatic carbocycles. The first-order valence-electron chi connectivity index (χ1n) is 8.30. The highest BCUT2D eigenvalue weighted by Crippen LogP contribution is 2.33. The summed E-state index contributed by atoms with van der Waals surface area (Å²) in [5, 5.41) is 2.64. The molecule has 0 atom stereocenters. The van der Waals surface area contributed by atoms with Crippen molar-refractivity contribution >= 4 is 44.8 Å². The molecule has 2 aromatic rings. The van der Waals surface area contributed by atoms with Gasteiger partial charge in [0.15, 0.2) is 11.5 Å². The molecule has 1 amide bonds. The van der Waals surface area contributed by atoms with Crippen LogP contribution in [0.1, 0.15) is 23.2 Å².